The van der Waals surface area contributed by atoms with Gasteiger partial charge in [0.25, 0.3) is 15.9 Å². The molecule has 0 bridgehead atoms. The minimum atomic E-state index is -4.00. The second-order valence-corrected chi connectivity index (χ2v) is 10.5. The Bertz CT molecular complexity index is 1570. The van der Waals surface area contributed by atoms with Crippen molar-refractivity contribution >= 4 is 67.9 Å². The molecule has 0 saturated carbocycles. The monoisotopic (exact) mass is 558 g/mol. The van der Waals surface area contributed by atoms with Crippen molar-refractivity contribution in [3.8, 4) is 0 Å². The number of ketones is 1. The van der Waals surface area contributed by atoms with Crippen LogP contribution in [0.2, 0.25) is 15.1 Å². The standard InChI is InChI=1S/C26H17Cl3N2O4S/c27-16-9-12-18(13-10-16)36(34,35)31-24-8-4-2-6-20(24)26(33)30-23-14-11-17(28)15-21(23)25(32)19-5-1-3-7-22(19)29/h1-15,31H,(H,30,33). The largest absolute Gasteiger partial charge is 0.321 e. The van der Waals surface area contributed by atoms with Crippen LogP contribution in [0.1, 0.15) is 26.3 Å². The van der Waals surface area contributed by atoms with Crippen LogP contribution >= 0.6 is 34.8 Å². The molecular formula is C26H17Cl3N2O4S. The fraction of sp³-hybridized carbons (Fsp3) is 0. The van der Waals surface area contributed by atoms with E-state index >= 15 is 0 Å². The van der Waals surface area contributed by atoms with Gasteiger partial charge in [0.1, 0.15) is 0 Å². The number of para-hydroxylation sites is 1. The number of benzene rings is 4. The van der Waals surface area contributed by atoms with Gasteiger partial charge in [0.05, 0.1) is 26.9 Å². The Labute approximate surface area is 222 Å². The lowest BCUT2D eigenvalue weighted by Crippen LogP contribution is -2.19. The molecule has 0 atom stereocenters. The Kier molecular flexibility index (Phi) is 7.66. The van der Waals surface area contributed by atoms with Gasteiger partial charge in [-0.15, -0.1) is 0 Å². The highest BCUT2D eigenvalue weighted by molar-refractivity contribution is 7.92. The maximum absolute atomic E-state index is 13.2. The summed E-state index contributed by atoms with van der Waals surface area (Å²) in [6, 6.07) is 22.7. The van der Waals surface area contributed by atoms with Crippen molar-refractivity contribution in [2.75, 3.05) is 10.0 Å². The zero-order chi connectivity index (χ0) is 25.9. The molecule has 0 unspecified atom stereocenters. The number of hydrogen-bond acceptors (Lipinski definition) is 4. The van der Waals surface area contributed by atoms with Crippen molar-refractivity contribution in [1.82, 2.24) is 0 Å². The first kappa shape index (κ1) is 25.7. The van der Waals surface area contributed by atoms with Crippen molar-refractivity contribution in [2.24, 2.45) is 0 Å². The molecule has 6 nitrogen and oxygen atoms in total. The summed E-state index contributed by atoms with van der Waals surface area (Å²) in [6.45, 7) is 0. The second-order valence-electron chi connectivity index (χ2n) is 7.56. The van der Waals surface area contributed by atoms with Gasteiger partial charge in [-0.2, -0.15) is 0 Å². The van der Waals surface area contributed by atoms with E-state index in [1.165, 1.54) is 54.6 Å². The fourth-order valence-corrected chi connectivity index (χ4v) is 4.98. The van der Waals surface area contributed by atoms with Crippen LogP contribution in [0, 0.1) is 0 Å². The van der Waals surface area contributed by atoms with Crippen LogP contribution in [0.3, 0.4) is 0 Å². The van der Waals surface area contributed by atoms with E-state index in [2.05, 4.69) is 10.0 Å². The topological polar surface area (TPSA) is 92.3 Å². The zero-order valence-electron chi connectivity index (χ0n) is 18.3. The highest BCUT2D eigenvalue weighted by atomic mass is 35.5. The molecule has 2 N–H and O–H groups in total. The van der Waals surface area contributed by atoms with Crippen molar-refractivity contribution < 1.29 is 18.0 Å². The number of carbonyl (C=O) groups excluding carboxylic acids is 2. The normalized spacial score (nSPS) is 11.1. The summed E-state index contributed by atoms with van der Waals surface area (Å²) in [7, 11) is -4.00. The van der Waals surface area contributed by atoms with E-state index in [0.29, 0.717) is 10.0 Å². The molecular weight excluding hydrogens is 543 g/mol. The van der Waals surface area contributed by atoms with Gasteiger partial charge in [-0.1, -0.05) is 59.1 Å². The van der Waals surface area contributed by atoms with Crippen LogP contribution in [0.4, 0.5) is 11.4 Å². The van der Waals surface area contributed by atoms with Crippen molar-refractivity contribution in [2.45, 2.75) is 4.90 Å². The summed E-state index contributed by atoms with van der Waals surface area (Å²) >= 11 is 18.2. The fourth-order valence-electron chi connectivity index (χ4n) is 3.38. The van der Waals surface area contributed by atoms with Crippen LogP contribution in [-0.2, 0) is 10.0 Å². The molecule has 4 aromatic carbocycles. The number of sulfonamides is 1. The molecule has 0 aliphatic rings. The Balaban J connectivity index is 1.65. The Hall–Kier alpha value is -3.36. The number of anilines is 2. The third kappa shape index (κ3) is 5.71. The maximum atomic E-state index is 13.2. The summed E-state index contributed by atoms with van der Waals surface area (Å²) in [5.41, 5.74) is 0.653. The first-order valence-electron chi connectivity index (χ1n) is 10.4. The van der Waals surface area contributed by atoms with Gasteiger partial charge in [0.15, 0.2) is 5.78 Å². The van der Waals surface area contributed by atoms with Crippen molar-refractivity contribution in [1.29, 1.82) is 0 Å². The van der Waals surface area contributed by atoms with E-state index in [4.69, 9.17) is 34.8 Å². The van der Waals surface area contributed by atoms with Gasteiger partial charge >= 0.3 is 0 Å². The zero-order valence-corrected chi connectivity index (χ0v) is 21.4. The molecule has 0 aliphatic heterocycles. The number of halogens is 3. The Morgan fingerprint density at radius 1 is 0.639 bits per heavy atom. The van der Waals surface area contributed by atoms with E-state index in [1.807, 2.05) is 0 Å². The molecule has 0 radical (unpaired) electrons. The average molecular weight is 560 g/mol. The van der Waals surface area contributed by atoms with E-state index < -0.39 is 21.7 Å². The molecule has 0 aliphatic carbocycles. The summed E-state index contributed by atoms with van der Waals surface area (Å²) in [5, 5.41) is 3.61. The molecule has 36 heavy (non-hydrogen) atoms. The molecule has 0 aromatic heterocycles. The maximum Gasteiger partial charge on any atom is 0.261 e. The summed E-state index contributed by atoms with van der Waals surface area (Å²) in [6.07, 6.45) is 0. The third-order valence-electron chi connectivity index (χ3n) is 5.13. The molecule has 0 fully saturated rings. The van der Waals surface area contributed by atoms with Crippen LogP contribution < -0.4 is 10.0 Å². The molecule has 4 rings (SSSR count). The number of rotatable bonds is 7. The smallest absolute Gasteiger partial charge is 0.261 e. The SMILES string of the molecule is O=C(Nc1ccc(Cl)cc1C(=O)c1ccccc1Cl)c1ccccc1NS(=O)(=O)c1ccc(Cl)cc1. The van der Waals surface area contributed by atoms with Gasteiger partial charge in [-0.05, 0) is 66.7 Å². The lowest BCUT2D eigenvalue weighted by atomic mass is 10.0. The van der Waals surface area contributed by atoms with Crippen molar-refractivity contribution in [3.05, 3.63) is 123 Å². The van der Waals surface area contributed by atoms with Crippen LogP contribution in [0.25, 0.3) is 0 Å². The molecule has 182 valence electrons. The number of carbonyl (C=O) groups is 2. The molecule has 0 spiro atoms. The second kappa shape index (κ2) is 10.7. The quantitative estimate of drug-likeness (QED) is 0.240. The number of hydrogen-bond donors (Lipinski definition) is 2. The predicted molar refractivity (Wildman–Crippen MR) is 143 cm³/mol. The van der Waals surface area contributed by atoms with Crippen LogP contribution in [0.5, 0.6) is 0 Å². The number of nitrogens with one attached hydrogen (secondary N) is 2. The van der Waals surface area contributed by atoms with Gasteiger partial charge in [0, 0.05) is 21.2 Å². The molecule has 0 heterocycles. The molecule has 1 amide bonds. The van der Waals surface area contributed by atoms with E-state index in [9.17, 15) is 18.0 Å². The van der Waals surface area contributed by atoms with E-state index in [0.717, 1.165) is 0 Å². The molecule has 10 heteroatoms. The van der Waals surface area contributed by atoms with E-state index in [1.54, 1.807) is 36.4 Å². The Morgan fingerprint density at radius 2 is 1.25 bits per heavy atom. The van der Waals surface area contributed by atoms with Gasteiger partial charge in [-0.25, -0.2) is 8.42 Å². The molecule has 0 saturated heterocycles. The minimum absolute atomic E-state index is 0.0209. The van der Waals surface area contributed by atoms with Crippen molar-refractivity contribution in [3.63, 3.8) is 0 Å². The lowest BCUT2D eigenvalue weighted by Gasteiger charge is -2.15. The average Bonchev–Trinajstić information content (AvgIpc) is 2.85. The minimum Gasteiger partial charge on any atom is -0.321 e. The first-order valence-corrected chi connectivity index (χ1v) is 13.0. The highest BCUT2D eigenvalue weighted by Crippen LogP contribution is 2.28. The summed E-state index contributed by atoms with van der Waals surface area (Å²) < 4.78 is 28.1. The first-order chi connectivity index (χ1) is 17.2. The van der Waals surface area contributed by atoms with Crippen LogP contribution in [0.15, 0.2) is 95.9 Å². The third-order valence-corrected chi connectivity index (χ3v) is 7.33. The van der Waals surface area contributed by atoms with Gasteiger partial charge in [0.2, 0.25) is 0 Å². The van der Waals surface area contributed by atoms with Gasteiger partial charge in [-0.3, -0.25) is 14.3 Å². The number of amides is 1. The summed E-state index contributed by atoms with van der Waals surface area (Å²) in [4.78, 5) is 26.4. The van der Waals surface area contributed by atoms with E-state index in [-0.39, 0.29) is 38.0 Å². The van der Waals surface area contributed by atoms with Crippen LogP contribution in [-0.4, -0.2) is 20.1 Å². The lowest BCUT2D eigenvalue weighted by molar-refractivity contribution is 0.102. The summed E-state index contributed by atoms with van der Waals surface area (Å²) in [5.74, 6) is -1.07. The highest BCUT2D eigenvalue weighted by Gasteiger charge is 2.22. The molecule has 4 aromatic rings. The Morgan fingerprint density at radius 3 is 1.94 bits per heavy atom. The van der Waals surface area contributed by atoms with Gasteiger partial charge < -0.3 is 5.32 Å². The predicted octanol–water partition coefficient (Wildman–Crippen LogP) is 6.93.